The summed E-state index contributed by atoms with van der Waals surface area (Å²) in [6.45, 7) is 3.19. The van der Waals surface area contributed by atoms with Crippen molar-refractivity contribution in [3.63, 3.8) is 0 Å². The highest BCUT2D eigenvalue weighted by Crippen LogP contribution is 2.42. The first-order valence-corrected chi connectivity index (χ1v) is 5.67. The lowest BCUT2D eigenvalue weighted by Gasteiger charge is -2.12. The number of hydrogen-bond donors (Lipinski definition) is 1. The van der Waals surface area contributed by atoms with Gasteiger partial charge in [0.2, 0.25) is 0 Å². The molecule has 15 heavy (non-hydrogen) atoms. The SMILES string of the molecule is CCC1CCc2ccc3c(c21)CCO3.N. The molecule has 0 saturated carbocycles. The molecular formula is C13H19NO. The Morgan fingerprint density at radius 3 is 3.00 bits per heavy atom. The van der Waals surface area contributed by atoms with Gasteiger partial charge < -0.3 is 10.9 Å². The van der Waals surface area contributed by atoms with Crippen LogP contribution in [0, 0.1) is 0 Å². The largest absolute Gasteiger partial charge is 0.493 e. The van der Waals surface area contributed by atoms with Crippen LogP contribution in [0.5, 0.6) is 5.75 Å². The molecule has 1 heterocycles. The molecule has 1 atom stereocenters. The molecule has 2 aliphatic rings. The zero-order chi connectivity index (χ0) is 9.54. The van der Waals surface area contributed by atoms with E-state index in [1.807, 2.05) is 0 Å². The predicted octanol–water partition coefficient (Wildman–Crippen LogP) is 3.22. The van der Waals surface area contributed by atoms with Gasteiger partial charge in [-0.2, -0.15) is 0 Å². The second-order valence-electron chi connectivity index (χ2n) is 4.36. The Morgan fingerprint density at radius 1 is 1.33 bits per heavy atom. The van der Waals surface area contributed by atoms with Crippen LogP contribution in [-0.4, -0.2) is 6.61 Å². The molecule has 82 valence electrons. The molecule has 2 nitrogen and oxygen atoms in total. The Kier molecular flexibility index (Phi) is 2.70. The molecule has 0 saturated heterocycles. The van der Waals surface area contributed by atoms with Gasteiger partial charge in [0.05, 0.1) is 6.61 Å². The fourth-order valence-electron chi connectivity index (χ4n) is 2.96. The van der Waals surface area contributed by atoms with E-state index < -0.39 is 0 Å². The second kappa shape index (κ2) is 3.86. The molecule has 1 aromatic carbocycles. The van der Waals surface area contributed by atoms with E-state index in [4.69, 9.17) is 4.74 Å². The van der Waals surface area contributed by atoms with Crippen molar-refractivity contribution in [2.45, 2.75) is 38.5 Å². The highest BCUT2D eigenvalue weighted by molar-refractivity contribution is 5.51. The molecule has 0 spiro atoms. The standard InChI is InChI=1S/C13H16O.H3N/c1-2-9-3-4-10-5-6-12-11(13(9)10)7-8-14-12;/h5-6,9H,2-4,7-8H2,1H3;1H3. The topological polar surface area (TPSA) is 44.2 Å². The summed E-state index contributed by atoms with van der Waals surface area (Å²) in [6, 6.07) is 4.44. The number of hydrogen-bond acceptors (Lipinski definition) is 2. The third kappa shape index (κ3) is 1.44. The van der Waals surface area contributed by atoms with Gasteiger partial charge in [-0.15, -0.1) is 0 Å². The molecule has 0 bridgehead atoms. The van der Waals surface area contributed by atoms with Crippen LogP contribution in [0.1, 0.15) is 42.4 Å². The van der Waals surface area contributed by atoms with Crippen LogP contribution < -0.4 is 10.9 Å². The van der Waals surface area contributed by atoms with Crippen molar-refractivity contribution in [1.82, 2.24) is 6.15 Å². The monoisotopic (exact) mass is 205 g/mol. The molecule has 1 aliphatic carbocycles. The van der Waals surface area contributed by atoms with E-state index in [1.54, 1.807) is 11.1 Å². The summed E-state index contributed by atoms with van der Waals surface area (Å²) in [5, 5.41) is 0. The van der Waals surface area contributed by atoms with E-state index >= 15 is 0 Å². The number of benzene rings is 1. The second-order valence-corrected chi connectivity index (χ2v) is 4.36. The van der Waals surface area contributed by atoms with Crippen LogP contribution in [0.4, 0.5) is 0 Å². The van der Waals surface area contributed by atoms with E-state index in [0.29, 0.717) is 0 Å². The van der Waals surface area contributed by atoms with Crippen molar-refractivity contribution in [3.8, 4) is 5.75 Å². The highest BCUT2D eigenvalue weighted by Gasteiger charge is 2.27. The third-order valence-electron chi connectivity index (χ3n) is 3.68. The lowest BCUT2D eigenvalue weighted by atomic mass is 9.92. The van der Waals surface area contributed by atoms with Crippen molar-refractivity contribution in [2.24, 2.45) is 0 Å². The normalized spacial score (nSPS) is 21.5. The van der Waals surface area contributed by atoms with Crippen molar-refractivity contribution in [1.29, 1.82) is 0 Å². The van der Waals surface area contributed by atoms with Gasteiger partial charge in [0, 0.05) is 12.0 Å². The zero-order valence-corrected chi connectivity index (χ0v) is 9.38. The van der Waals surface area contributed by atoms with E-state index in [1.165, 1.54) is 24.8 Å². The number of fused-ring (bicyclic) bond motifs is 3. The minimum atomic E-state index is 0. The van der Waals surface area contributed by atoms with Crippen molar-refractivity contribution >= 4 is 0 Å². The van der Waals surface area contributed by atoms with Crippen LogP contribution in [0.2, 0.25) is 0 Å². The van der Waals surface area contributed by atoms with E-state index in [0.717, 1.165) is 24.7 Å². The van der Waals surface area contributed by atoms with Crippen LogP contribution in [0.15, 0.2) is 12.1 Å². The molecule has 0 aromatic heterocycles. The maximum Gasteiger partial charge on any atom is 0.122 e. The Bertz CT molecular complexity index is 373. The molecule has 0 amide bonds. The third-order valence-corrected chi connectivity index (χ3v) is 3.68. The summed E-state index contributed by atoms with van der Waals surface area (Å²) < 4.78 is 5.62. The molecule has 1 aromatic rings. The van der Waals surface area contributed by atoms with Gasteiger partial charge in [-0.25, -0.2) is 0 Å². The van der Waals surface area contributed by atoms with Crippen LogP contribution in [-0.2, 0) is 12.8 Å². The first-order chi connectivity index (χ1) is 6.90. The molecule has 0 radical (unpaired) electrons. The lowest BCUT2D eigenvalue weighted by molar-refractivity contribution is 0.357. The zero-order valence-electron chi connectivity index (χ0n) is 9.38. The van der Waals surface area contributed by atoms with Crippen molar-refractivity contribution in [2.75, 3.05) is 6.61 Å². The molecule has 1 unspecified atom stereocenters. The average Bonchev–Trinajstić information content (AvgIpc) is 2.82. The molecular weight excluding hydrogens is 186 g/mol. The first kappa shape index (κ1) is 10.5. The Morgan fingerprint density at radius 2 is 2.20 bits per heavy atom. The van der Waals surface area contributed by atoms with E-state index in [2.05, 4.69) is 19.1 Å². The quantitative estimate of drug-likeness (QED) is 0.765. The number of aryl methyl sites for hydroxylation is 1. The van der Waals surface area contributed by atoms with Gasteiger partial charge in [0.25, 0.3) is 0 Å². The van der Waals surface area contributed by atoms with Gasteiger partial charge in [0.15, 0.2) is 0 Å². The maximum atomic E-state index is 5.62. The molecule has 0 fully saturated rings. The summed E-state index contributed by atoms with van der Waals surface area (Å²) in [5.74, 6) is 1.96. The summed E-state index contributed by atoms with van der Waals surface area (Å²) in [6.07, 6.45) is 5.04. The highest BCUT2D eigenvalue weighted by atomic mass is 16.5. The van der Waals surface area contributed by atoms with Crippen LogP contribution >= 0.6 is 0 Å². The fourth-order valence-corrected chi connectivity index (χ4v) is 2.96. The average molecular weight is 205 g/mol. The Balaban J connectivity index is 0.000000853. The summed E-state index contributed by atoms with van der Waals surface area (Å²) >= 11 is 0. The first-order valence-electron chi connectivity index (χ1n) is 5.67. The molecule has 1 aliphatic heterocycles. The summed E-state index contributed by atoms with van der Waals surface area (Å²) in [7, 11) is 0. The van der Waals surface area contributed by atoms with Gasteiger partial charge in [-0.1, -0.05) is 13.0 Å². The summed E-state index contributed by atoms with van der Waals surface area (Å²) in [5.41, 5.74) is 4.75. The van der Waals surface area contributed by atoms with Gasteiger partial charge in [-0.3, -0.25) is 0 Å². The fraction of sp³-hybridized carbons (Fsp3) is 0.538. The van der Waals surface area contributed by atoms with Crippen molar-refractivity contribution < 1.29 is 4.74 Å². The lowest BCUT2D eigenvalue weighted by Crippen LogP contribution is -1.96. The smallest absolute Gasteiger partial charge is 0.122 e. The predicted molar refractivity (Wildman–Crippen MR) is 62.0 cm³/mol. The van der Waals surface area contributed by atoms with Gasteiger partial charge >= 0.3 is 0 Å². The minimum absolute atomic E-state index is 0. The summed E-state index contributed by atoms with van der Waals surface area (Å²) in [4.78, 5) is 0. The van der Waals surface area contributed by atoms with E-state index in [-0.39, 0.29) is 6.15 Å². The van der Waals surface area contributed by atoms with E-state index in [9.17, 15) is 0 Å². The Hall–Kier alpha value is -1.02. The maximum absolute atomic E-state index is 5.62. The van der Waals surface area contributed by atoms with Crippen molar-refractivity contribution in [3.05, 3.63) is 28.8 Å². The molecule has 3 N–H and O–H groups in total. The van der Waals surface area contributed by atoms with Crippen LogP contribution in [0.25, 0.3) is 0 Å². The van der Waals surface area contributed by atoms with Gasteiger partial charge in [-0.05, 0) is 42.4 Å². The van der Waals surface area contributed by atoms with Gasteiger partial charge in [0.1, 0.15) is 5.75 Å². The number of ether oxygens (including phenoxy) is 1. The molecule has 3 rings (SSSR count). The molecule has 2 heteroatoms. The minimum Gasteiger partial charge on any atom is -0.493 e. The number of rotatable bonds is 1. The van der Waals surface area contributed by atoms with Crippen LogP contribution in [0.3, 0.4) is 0 Å². The Labute approximate surface area is 91.2 Å².